The number of benzene rings is 2. The zero-order valence-electron chi connectivity index (χ0n) is 12.8. The molecule has 0 amide bonds. The third-order valence-electron chi connectivity index (χ3n) is 3.47. The number of hydrogen-bond donors (Lipinski definition) is 1. The van der Waals surface area contributed by atoms with E-state index in [9.17, 15) is 8.42 Å². The van der Waals surface area contributed by atoms with Crippen molar-refractivity contribution in [3.8, 4) is 17.2 Å². The number of rotatable bonds is 4. The maximum atomic E-state index is 12.5. The highest BCUT2D eigenvalue weighted by atomic mass is 32.2. The molecule has 2 aromatic carbocycles. The van der Waals surface area contributed by atoms with Gasteiger partial charge in [0.15, 0.2) is 11.5 Å². The van der Waals surface area contributed by atoms with Gasteiger partial charge in [-0.15, -0.1) is 0 Å². The lowest BCUT2D eigenvalue weighted by Crippen LogP contribution is -2.17. The molecule has 23 heavy (non-hydrogen) atoms. The molecule has 2 aromatic rings. The Morgan fingerprint density at radius 1 is 1.04 bits per heavy atom. The van der Waals surface area contributed by atoms with Gasteiger partial charge in [0.2, 0.25) is 0 Å². The lowest BCUT2D eigenvalue weighted by atomic mass is 10.2. The second-order valence-electron chi connectivity index (χ2n) is 5.10. The molecule has 0 spiro atoms. The minimum absolute atomic E-state index is 0.121. The molecule has 7 heteroatoms. The van der Waals surface area contributed by atoms with Crippen LogP contribution in [0.3, 0.4) is 0 Å². The van der Waals surface area contributed by atoms with E-state index in [1.54, 1.807) is 31.4 Å². The van der Waals surface area contributed by atoms with Crippen molar-refractivity contribution in [2.75, 3.05) is 25.0 Å². The number of aryl methyl sites for hydroxylation is 1. The highest BCUT2D eigenvalue weighted by molar-refractivity contribution is 7.92. The van der Waals surface area contributed by atoms with Gasteiger partial charge in [0.25, 0.3) is 10.0 Å². The summed E-state index contributed by atoms with van der Waals surface area (Å²) < 4.78 is 43.6. The molecule has 1 aliphatic rings. The maximum Gasteiger partial charge on any atom is 0.262 e. The number of sulfonamides is 1. The quantitative estimate of drug-likeness (QED) is 0.929. The molecule has 1 heterocycles. The maximum absolute atomic E-state index is 12.5. The Hall–Kier alpha value is -2.41. The molecular weight excluding hydrogens is 318 g/mol. The summed E-state index contributed by atoms with van der Waals surface area (Å²) in [6.45, 7) is 2.71. The Labute approximate surface area is 135 Å². The molecule has 0 aromatic heterocycles. The van der Waals surface area contributed by atoms with Crippen LogP contribution in [0.4, 0.5) is 5.69 Å². The number of methoxy groups -OCH3 is 1. The van der Waals surface area contributed by atoms with Crippen molar-refractivity contribution in [1.29, 1.82) is 0 Å². The van der Waals surface area contributed by atoms with Crippen LogP contribution in [0.1, 0.15) is 5.56 Å². The zero-order valence-corrected chi connectivity index (χ0v) is 13.6. The average molecular weight is 335 g/mol. The standard InChI is InChI=1S/C16H17NO5S/c1-11-9-12(3-5-14(11)20-2)17-23(18,19)13-4-6-15-16(10-13)22-8-7-21-15/h3-6,9-10,17H,7-8H2,1-2H3. The van der Waals surface area contributed by atoms with E-state index in [0.29, 0.717) is 36.1 Å². The number of anilines is 1. The monoisotopic (exact) mass is 335 g/mol. The number of fused-ring (bicyclic) bond motifs is 1. The van der Waals surface area contributed by atoms with E-state index < -0.39 is 10.0 Å². The van der Waals surface area contributed by atoms with Crippen LogP contribution in [-0.2, 0) is 10.0 Å². The van der Waals surface area contributed by atoms with E-state index >= 15 is 0 Å². The van der Waals surface area contributed by atoms with Crippen molar-refractivity contribution in [2.24, 2.45) is 0 Å². The molecule has 122 valence electrons. The summed E-state index contributed by atoms with van der Waals surface area (Å²) in [5.74, 6) is 1.69. The van der Waals surface area contributed by atoms with Crippen LogP contribution in [-0.4, -0.2) is 28.7 Å². The Bertz CT molecular complexity index is 832. The first-order chi connectivity index (χ1) is 11.0. The summed E-state index contributed by atoms with van der Waals surface area (Å²) in [6, 6.07) is 9.65. The molecule has 3 rings (SSSR count). The molecule has 0 fully saturated rings. The third kappa shape index (κ3) is 3.19. The van der Waals surface area contributed by atoms with Crippen molar-refractivity contribution < 1.29 is 22.6 Å². The Morgan fingerprint density at radius 2 is 1.78 bits per heavy atom. The molecule has 1 N–H and O–H groups in total. The van der Waals surface area contributed by atoms with Crippen molar-refractivity contribution in [3.63, 3.8) is 0 Å². The number of ether oxygens (including phenoxy) is 3. The van der Waals surface area contributed by atoms with Crippen LogP contribution in [0.15, 0.2) is 41.3 Å². The summed E-state index contributed by atoms with van der Waals surface area (Å²) in [6.07, 6.45) is 0. The van der Waals surface area contributed by atoms with Crippen LogP contribution >= 0.6 is 0 Å². The van der Waals surface area contributed by atoms with E-state index in [0.717, 1.165) is 5.56 Å². The fourth-order valence-electron chi connectivity index (χ4n) is 2.35. The fourth-order valence-corrected chi connectivity index (χ4v) is 3.41. The normalized spacial score (nSPS) is 13.5. The fraction of sp³-hybridized carbons (Fsp3) is 0.250. The van der Waals surface area contributed by atoms with Crippen LogP contribution in [0.5, 0.6) is 17.2 Å². The van der Waals surface area contributed by atoms with Crippen molar-refractivity contribution in [2.45, 2.75) is 11.8 Å². The van der Waals surface area contributed by atoms with Crippen molar-refractivity contribution in [3.05, 3.63) is 42.0 Å². The van der Waals surface area contributed by atoms with Crippen LogP contribution in [0.25, 0.3) is 0 Å². The molecule has 0 radical (unpaired) electrons. The summed E-state index contributed by atoms with van der Waals surface area (Å²) in [5.41, 5.74) is 1.31. The van der Waals surface area contributed by atoms with Crippen molar-refractivity contribution in [1.82, 2.24) is 0 Å². The number of hydrogen-bond acceptors (Lipinski definition) is 5. The Balaban J connectivity index is 1.88. The average Bonchev–Trinajstić information content (AvgIpc) is 2.54. The SMILES string of the molecule is COc1ccc(NS(=O)(=O)c2ccc3c(c2)OCCO3)cc1C. The topological polar surface area (TPSA) is 73.9 Å². The zero-order chi connectivity index (χ0) is 16.4. The van der Waals surface area contributed by atoms with Crippen LogP contribution < -0.4 is 18.9 Å². The van der Waals surface area contributed by atoms with Crippen LogP contribution in [0.2, 0.25) is 0 Å². The third-order valence-corrected chi connectivity index (χ3v) is 4.85. The minimum Gasteiger partial charge on any atom is -0.496 e. The van der Waals surface area contributed by atoms with E-state index in [1.165, 1.54) is 12.1 Å². The van der Waals surface area contributed by atoms with Gasteiger partial charge >= 0.3 is 0 Å². The number of nitrogens with one attached hydrogen (secondary N) is 1. The van der Waals surface area contributed by atoms with Gasteiger partial charge in [0.05, 0.1) is 12.0 Å². The lowest BCUT2D eigenvalue weighted by molar-refractivity contribution is 0.171. The summed E-state index contributed by atoms with van der Waals surface area (Å²) in [7, 11) is -2.14. The van der Waals surface area contributed by atoms with Gasteiger partial charge < -0.3 is 14.2 Å². The minimum atomic E-state index is -3.71. The highest BCUT2D eigenvalue weighted by Gasteiger charge is 2.19. The molecule has 1 aliphatic heterocycles. The highest BCUT2D eigenvalue weighted by Crippen LogP contribution is 2.33. The van der Waals surface area contributed by atoms with Gasteiger partial charge in [-0.05, 0) is 42.8 Å². The first kappa shape index (κ1) is 15.5. The van der Waals surface area contributed by atoms with Gasteiger partial charge in [-0.2, -0.15) is 0 Å². The predicted octanol–water partition coefficient (Wildman–Crippen LogP) is 2.58. The van der Waals surface area contributed by atoms with Gasteiger partial charge in [-0.3, -0.25) is 4.72 Å². The molecule has 0 bridgehead atoms. The largest absolute Gasteiger partial charge is 0.496 e. The van der Waals surface area contributed by atoms with E-state index in [-0.39, 0.29) is 4.90 Å². The van der Waals surface area contributed by atoms with Gasteiger partial charge in [-0.25, -0.2) is 8.42 Å². The summed E-state index contributed by atoms with van der Waals surface area (Å²) in [4.78, 5) is 0.121. The second-order valence-corrected chi connectivity index (χ2v) is 6.78. The van der Waals surface area contributed by atoms with Crippen LogP contribution in [0, 0.1) is 6.92 Å². The van der Waals surface area contributed by atoms with Gasteiger partial charge in [0.1, 0.15) is 19.0 Å². The van der Waals surface area contributed by atoms with E-state index in [1.807, 2.05) is 6.92 Å². The summed E-state index contributed by atoms with van der Waals surface area (Å²) in [5, 5.41) is 0. The molecule has 0 atom stereocenters. The van der Waals surface area contributed by atoms with Crippen molar-refractivity contribution >= 4 is 15.7 Å². The van der Waals surface area contributed by atoms with E-state index in [4.69, 9.17) is 14.2 Å². The second kappa shape index (κ2) is 6.00. The smallest absolute Gasteiger partial charge is 0.262 e. The molecule has 0 saturated carbocycles. The molecular formula is C16H17NO5S. The lowest BCUT2D eigenvalue weighted by Gasteiger charge is -2.19. The molecule has 0 saturated heterocycles. The Kier molecular flexibility index (Phi) is 4.04. The molecule has 0 aliphatic carbocycles. The van der Waals surface area contributed by atoms with E-state index in [2.05, 4.69) is 4.72 Å². The first-order valence-electron chi connectivity index (χ1n) is 7.07. The molecule has 0 unspecified atom stereocenters. The predicted molar refractivity (Wildman–Crippen MR) is 86.0 cm³/mol. The van der Waals surface area contributed by atoms with Gasteiger partial charge in [-0.1, -0.05) is 0 Å². The summed E-state index contributed by atoms with van der Waals surface area (Å²) >= 11 is 0. The molecule has 6 nitrogen and oxygen atoms in total. The van der Waals surface area contributed by atoms with Gasteiger partial charge in [0, 0.05) is 11.8 Å². The first-order valence-corrected chi connectivity index (χ1v) is 8.55. The Morgan fingerprint density at radius 3 is 2.48 bits per heavy atom.